The Morgan fingerprint density at radius 3 is 3.00 bits per heavy atom. The first kappa shape index (κ1) is 14.7. The van der Waals surface area contributed by atoms with Crippen LogP contribution in [0.3, 0.4) is 0 Å². The van der Waals surface area contributed by atoms with Gasteiger partial charge in [-0.15, -0.1) is 0 Å². The molecule has 5 heteroatoms. The molecule has 1 amide bonds. The standard InChI is InChI=1S/C15H21NO4/c1-3-20-12-5-4-8-16(10-12)15(18)13-9-11(19-2)6-7-14(13)17/h6-7,9,12,17H,3-5,8,10H2,1-2H3. The summed E-state index contributed by atoms with van der Waals surface area (Å²) >= 11 is 0. The minimum Gasteiger partial charge on any atom is -0.507 e. The van der Waals surface area contributed by atoms with Crippen LogP contribution in [0.4, 0.5) is 0 Å². The lowest BCUT2D eigenvalue weighted by Crippen LogP contribution is -2.43. The van der Waals surface area contributed by atoms with E-state index in [4.69, 9.17) is 9.47 Å². The van der Waals surface area contributed by atoms with Gasteiger partial charge in [0.25, 0.3) is 5.91 Å². The molecule has 1 saturated heterocycles. The molecule has 0 spiro atoms. The Hall–Kier alpha value is -1.75. The van der Waals surface area contributed by atoms with Gasteiger partial charge >= 0.3 is 0 Å². The number of methoxy groups -OCH3 is 1. The number of nitrogens with zero attached hydrogens (tertiary/aromatic N) is 1. The molecule has 1 fully saturated rings. The molecular formula is C15H21NO4. The highest BCUT2D eigenvalue weighted by Gasteiger charge is 2.26. The van der Waals surface area contributed by atoms with E-state index >= 15 is 0 Å². The van der Waals surface area contributed by atoms with E-state index in [2.05, 4.69) is 0 Å². The topological polar surface area (TPSA) is 59.0 Å². The van der Waals surface area contributed by atoms with Crippen molar-refractivity contribution in [3.05, 3.63) is 23.8 Å². The fourth-order valence-electron chi connectivity index (χ4n) is 2.48. The Morgan fingerprint density at radius 2 is 2.30 bits per heavy atom. The third-order valence-corrected chi connectivity index (χ3v) is 3.50. The van der Waals surface area contributed by atoms with Crippen molar-refractivity contribution >= 4 is 5.91 Å². The molecule has 2 rings (SSSR count). The summed E-state index contributed by atoms with van der Waals surface area (Å²) in [6.07, 6.45) is 1.98. The summed E-state index contributed by atoms with van der Waals surface area (Å²) in [5.41, 5.74) is 0.279. The van der Waals surface area contributed by atoms with Crippen LogP contribution in [0.5, 0.6) is 11.5 Å². The Kier molecular flexibility index (Phi) is 4.84. The molecule has 1 N–H and O–H groups in total. The molecule has 110 valence electrons. The number of benzene rings is 1. The minimum atomic E-state index is -0.175. The summed E-state index contributed by atoms with van der Waals surface area (Å²) in [7, 11) is 1.53. The van der Waals surface area contributed by atoms with Gasteiger partial charge in [0, 0.05) is 19.7 Å². The molecule has 1 aliphatic heterocycles. The normalized spacial score (nSPS) is 18.9. The van der Waals surface area contributed by atoms with Gasteiger partial charge in [-0.2, -0.15) is 0 Å². The number of piperidine rings is 1. The van der Waals surface area contributed by atoms with Crippen molar-refractivity contribution in [2.75, 3.05) is 26.8 Å². The van der Waals surface area contributed by atoms with Crippen LogP contribution in [0.1, 0.15) is 30.1 Å². The highest BCUT2D eigenvalue weighted by Crippen LogP contribution is 2.25. The molecule has 1 aromatic carbocycles. The maximum atomic E-state index is 12.5. The van der Waals surface area contributed by atoms with Gasteiger partial charge in [-0.05, 0) is 38.0 Å². The molecule has 1 unspecified atom stereocenters. The average Bonchev–Trinajstić information content (AvgIpc) is 2.48. The van der Waals surface area contributed by atoms with E-state index in [-0.39, 0.29) is 23.3 Å². The number of carbonyl (C=O) groups is 1. The average molecular weight is 279 g/mol. The quantitative estimate of drug-likeness (QED) is 0.916. The van der Waals surface area contributed by atoms with Crippen LogP contribution in [0.25, 0.3) is 0 Å². The zero-order valence-electron chi connectivity index (χ0n) is 12.0. The maximum Gasteiger partial charge on any atom is 0.257 e. The van der Waals surface area contributed by atoms with E-state index in [1.165, 1.54) is 13.2 Å². The lowest BCUT2D eigenvalue weighted by atomic mass is 10.1. The van der Waals surface area contributed by atoms with Crippen molar-refractivity contribution < 1.29 is 19.4 Å². The molecular weight excluding hydrogens is 258 g/mol. The van der Waals surface area contributed by atoms with Crippen LogP contribution in [-0.4, -0.2) is 48.8 Å². The molecule has 1 heterocycles. The van der Waals surface area contributed by atoms with Gasteiger partial charge in [-0.3, -0.25) is 4.79 Å². The first-order valence-corrected chi connectivity index (χ1v) is 6.93. The highest BCUT2D eigenvalue weighted by atomic mass is 16.5. The van der Waals surface area contributed by atoms with Crippen molar-refractivity contribution in [2.24, 2.45) is 0 Å². The number of phenolic OH excluding ortho intramolecular Hbond substituents is 1. The minimum absolute atomic E-state index is 0.0191. The second-order valence-electron chi connectivity index (χ2n) is 4.85. The van der Waals surface area contributed by atoms with Crippen LogP contribution in [-0.2, 0) is 4.74 Å². The number of amides is 1. The van der Waals surface area contributed by atoms with Crippen molar-refractivity contribution in [3.8, 4) is 11.5 Å². The van der Waals surface area contributed by atoms with E-state index in [0.29, 0.717) is 25.4 Å². The third-order valence-electron chi connectivity index (χ3n) is 3.50. The van der Waals surface area contributed by atoms with Gasteiger partial charge in [0.2, 0.25) is 0 Å². The second kappa shape index (κ2) is 6.61. The molecule has 1 atom stereocenters. The molecule has 0 radical (unpaired) electrons. The lowest BCUT2D eigenvalue weighted by Gasteiger charge is -2.32. The molecule has 0 aromatic heterocycles. The van der Waals surface area contributed by atoms with Crippen LogP contribution in [0, 0.1) is 0 Å². The second-order valence-corrected chi connectivity index (χ2v) is 4.85. The highest BCUT2D eigenvalue weighted by molar-refractivity contribution is 5.97. The monoisotopic (exact) mass is 279 g/mol. The van der Waals surface area contributed by atoms with Gasteiger partial charge in [0.15, 0.2) is 0 Å². The number of hydrogen-bond donors (Lipinski definition) is 1. The molecule has 1 aliphatic rings. The lowest BCUT2D eigenvalue weighted by molar-refractivity contribution is 0.00713. The predicted molar refractivity (Wildman–Crippen MR) is 75.2 cm³/mol. The summed E-state index contributed by atoms with van der Waals surface area (Å²) in [6, 6.07) is 4.68. The van der Waals surface area contributed by atoms with Gasteiger partial charge in [0.05, 0.1) is 18.8 Å². The third kappa shape index (κ3) is 3.22. The van der Waals surface area contributed by atoms with Crippen LogP contribution in [0.15, 0.2) is 18.2 Å². The number of aromatic hydroxyl groups is 1. The summed E-state index contributed by atoms with van der Waals surface area (Å²) in [4.78, 5) is 14.2. The van der Waals surface area contributed by atoms with E-state index in [9.17, 15) is 9.90 Å². The molecule has 0 bridgehead atoms. The molecule has 0 aliphatic carbocycles. The largest absolute Gasteiger partial charge is 0.507 e. The van der Waals surface area contributed by atoms with E-state index in [0.717, 1.165) is 12.8 Å². The number of carbonyl (C=O) groups excluding carboxylic acids is 1. The first-order chi connectivity index (χ1) is 9.65. The van der Waals surface area contributed by atoms with E-state index < -0.39 is 0 Å². The molecule has 20 heavy (non-hydrogen) atoms. The summed E-state index contributed by atoms with van der Waals surface area (Å²) < 4.78 is 10.7. The zero-order chi connectivity index (χ0) is 14.5. The maximum absolute atomic E-state index is 12.5. The van der Waals surface area contributed by atoms with Crippen molar-refractivity contribution in [1.29, 1.82) is 0 Å². The number of hydrogen-bond acceptors (Lipinski definition) is 4. The van der Waals surface area contributed by atoms with Crippen LogP contribution in [0.2, 0.25) is 0 Å². The van der Waals surface area contributed by atoms with Gasteiger partial charge in [-0.1, -0.05) is 0 Å². The Balaban J connectivity index is 2.14. The van der Waals surface area contributed by atoms with Gasteiger partial charge in [-0.25, -0.2) is 0 Å². The number of likely N-dealkylation sites (tertiary alicyclic amines) is 1. The Bertz CT molecular complexity index is 473. The number of ether oxygens (including phenoxy) is 2. The van der Waals surface area contributed by atoms with Crippen molar-refractivity contribution in [1.82, 2.24) is 4.90 Å². The smallest absolute Gasteiger partial charge is 0.257 e. The van der Waals surface area contributed by atoms with E-state index in [1.54, 1.807) is 17.0 Å². The summed E-state index contributed by atoms with van der Waals surface area (Å²) in [5, 5.41) is 9.87. The molecule has 5 nitrogen and oxygen atoms in total. The van der Waals surface area contributed by atoms with E-state index in [1.807, 2.05) is 6.92 Å². The zero-order valence-corrected chi connectivity index (χ0v) is 12.0. The Morgan fingerprint density at radius 1 is 1.50 bits per heavy atom. The fraction of sp³-hybridized carbons (Fsp3) is 0.533. The fourth-order valence-corrected chi connectivity index (χ4v) is 2.48. The SMILES string of the molecule is CCOC1CCCN(C(=O)c2cc(OC)ccc2O)C1. The van der Waals surface area contributed by atoms with Crippen molar-refractivity contribution in [2.45, 2.75) is 25.9 Å². The van der Waals surface area contributed by atoms with Gasteiger partial charge < -0.3 is 19.5 Å². The molecule has 1 aromatic rings. The predicted octanol–water partition coefficient (Wildman–Crippen LogP) is 2.04. The summed E-state index contributed by atoms with van der Waals surface area (Å²) in [5.74, 6) is 0.365. The summed E-state index contributed by atoms with van der Waals surface area (Å²) in [6.45, 7) is 3.87. The molecule has 0 saturated carbocycles. The first-order valence-electron chi connectivity index (χ1n) is 6.93. The number of rotatable bonds is 4. The van der Waals surface area contributed by atoms with Crippen LogP contribution >= 0.6 is 0 Å². The Labute approximate surface area is 119 Å². The van der Waals surface area contributed by atoms with Crippen molar-refractivity contribution in [3.63, 3.8) is 0 Å². The van der Waals surface area contributed by atoms with Crippen LogP contribution < -0.4 is 4.74 Å². The number of phenols is 1. The van der Waals surface area contributed by atoms with Gasteiger partial charge in [0.1, 0.15) is 11.5 Å².